The molecule has 21 heavy (non-hydrogen) atoms. The molecule has 2 rings (SSSR count). The van der Waals surface area contributed by atoms with E-state index >= 15 is 0 Å². The van der Waals surface area contributed by atoms with Gasteiger partial charge in [-0.05, 0) is 38.0 Å². The van der Waals surface area contributed by atoms with Gasteiger partial charge in [-0.1, -0.05) is 12.8 Å². The number of anilines is 1. The van der Waals surface area contributed by atoms with Gasteiger partial charge in [-0.3, -0.25) is 4.79 Å². The maximum absolute atomic E-state index is 12.1. The second-order valence-electron chi connectivity index (χ2n) is 5.71. The number of aliphatic hydroxyl groups is 1. The highest BCUT2D eigenvalue weighted by Gasteiger charge is 2.31. The first kappa shape index (κ1) is 15.8. The van der Waals surface area contributed by atoms with Crippen LogP contribution >= 0.6 is 0 Å². The Hall–Kier alpha value is -1.59. The van der Waals surface area contributed by atoms with E-state index < -0.39 is 0 Å². The molecular weight excluding hydrogens is 268 g/mol. The molecule has 5 heteroatoms. The molecule has 0 aromatic heterocycles. The standard InChI is InChI=1S/C16H24N2O3/c1-2-21-14-6-5-13(9-12(14)11-19)18-15(20)10-16(17)7-3-4-8-16/h5-6,9,19H,2-4,7-8,10-11,17H2,1H3,(H,18,20). The van der Waals surface area contributed by atoms with E-state index in [1.165, 1.54) is 0 Å². The topological polar surface area (TPSA) is 84.6 Å². The molecule has 1 saturated carbocycles. The van der Waals surface area contributed by atoms with Gasteiger partial charge in [0.2, 0.25) is 5.91 Å². The van der Waals surface area contributed by atoms with Crippen LogP contribution in [0.2, 0.25) is 0 Å². The smallest absolute Gasteiger partial charge is 0.226 e. The Kier molecular flexibility index (Phi) is 5.20. The van der Waals surface area contributed by atoms with E-state index in [1.807, 2.05) is 6.92 Å². The SMILES string of the molecule is CCOc1ccc(NC(=O)CC2(N)CCCC2)cc1CO. The Morgan fingerprint density at radius 1 is 1.43 bits per heavy atom. The van der Waals surface area contributed by atoms with Crippen LogP contribution in [0.3, 0.4) is 0 Å². The molecule has 1 aromatic rings. The molecule has 0 atom stereocenters. The number of hydrogen-bond acceptors (Lipinski definition) is 4. The Balaban J connectivity index is 2.00. The minimum atomic E-state index is -0.352. The number of carbonyl (C=O) groups excluding carboxylic acids is 1. The fourth-order valence-corrected chi connectivity index (χ4v) is 2.86. The molecule has 1 aliphatic rings. The van der Waals surface area contributed by atoms with E-state index in [0.717, 1.165) is 25.7 Å². The molecule has 0 heterocycles. The van der Waals surface area contributed by atoms with Crippen LogP contribution in [0.15, 0.2) is 18.2 Å². The maximum atomic E-state index is 12.1. The fraction of sp³-hybridized carbons (Fsp3) is 0.562. The van der Waals surface area contributed by atoms with Gasteiger partial charge in [-0.15, -0.1) is 0 Å². The lowest BCUT2D eigenvalue weighted by molar-refractivity contribution is -0.117. The molecule has 0 spiro atoms. The lowest BCUT2D eigenvalue weighted by atomic mass is 9.94. The lowest BCUT2D eigenvalue weighted by Gasteiger charge is -2.22. The van der Waals surface area contributed by atoms with Crippen molar-refractivity contribution in [3.8, 4) is 5.75 Å². The highest BCUT2D eigenvalue weighted by Crippen LogP contribution is 2.30. The van der Waals surface area contributed by atoms with Crippen LogP contribution in [0.4, 0.5) is 5.69 Å². The summed E-state index contributed by atoms with van der Waals surface area (Å²) in [7, 11) is 0. The van der Waals surface area contributed by atoms with Gasteiger partial charge in [0, 0.05) is 23.2 Å². The number of nitrogens with one attached hydrogen (secondary N) is 1. The molecule has 0 bridgehead atoms. The summed E-state index contributed by atoms with van der Waals surface area (Å²) < 4.78 is 5.42. The predicted molar refractivity (Wildman–Crippen MR) is 82.2 cm³/mol. The van der Waals surface area contributed by atoms with Crippen molar-refractivity contribution in [1.29, 1.82) is 0 Å². The van der Waals surface area contributed by atoms with Gasteiger partial charge in [0.05, 0.1) is 13.2 Å². The second-order valence-corrected chi connectivity index (χ2v) is 5.71. The van der Waals surface area contributed by atoms with E-state index in [1.54, 1.807) is 18.2 Å². The van der Waals surface area contributed by atoms with Crippen molar-refractivity contribution in [1.82, 2.24) is 0 Å². The van der Waals surface area contributed by atoms with Gasteiger partial charge in [-0.25, -0.2) is 0 Å². The van der Waals surface area contributed by atoms with Crippen molar-refractivity contribution in [2.45, 2.75) is 51.2 Å². The first-order chi connectivity index (χ1) is 10.1. The molecule has 5 nitrogen and oxygen atoms in total. The van der Waals surface area contributed by atoms with Crippen molar-refractivity contribution in [3.63, 3.8) is 0 Å². The van der Waals surface area contributed by atoms with Crippen LogP contribution < -0.4 is 15.8 Å². The monoisotopic (exact) mass is 292 g/mol. The number of benzene rings is 1. The largest absolute Gasteiger partial charge is 0.494 e. The highest BCUT2D eigenvalue weighted by atomic mass is 16.5. The van der Waals surface area contributed by atoms with E-state index in [0.29, 0.717) is 30.0 Å². The summed E-state index contributed by atoms with van der Waals surface area (Å²) in [5.74, 6) is 0.566. The molecule has 0 unspecified atom stereocenters. The first-order valence-corrected chi connectivity index (χ1v) is 7.51. The first-order valence-electron chi connectivity index (χ1n) is 7.51. The Morgan fingerprint density at radius 3 is 2.76 bits per heavy atom. The van der Waals surface area contributed by atoms with E-state index in [2.05, 4.69) is 5.32 Å². The number of ether oxygens (including phenoxy) is 1. The van der Waals surface area contributed by atoms with E-state index in [-0.39, 0.29) is 18.1 Å². The number of rotatable bonds is 6. The Bertz CT molecular complexity index is 496. The molecule has 0 radical (unpaired) electrons. The third-order valence-corrected chi connectivity index (χ3v) is 3.93. The second kappa shape index (κ2) is 6.91. The van der Waals surface area contributed by atoms with Crippen LogP contribution in [0.5, 0.6) is 5.75 Å². The van der Waals surface area contributed by atoms with Crippen LogP contribution in [0.25, 0.3) is 0 Å². The summed E-state index contributed by atoms with van der Waals surface area (Å²) in [6.45, 7) is 2.30. The molecule has 1 amide bonds. The van der Waals surface area contributed by atoms with Crippen LogP contribution in [0.1, 0.15) is 44.6 Å². The zero-order valence-corrected chi connectivity index (χ0v) is 12.5. The van der Waals surface area contributed by atoms with Gasteiger partial charge in [-0.2, -0.15) is 0 Å². The summed E-state index contributed by atoms with van der Waals surface area (Å²) in [6, 6.07) is 5.28. The summed E-state index contributed by atoms with van der Waals surface area (Å²) in [5.41, 5.74) is 7.19. The van der Waals surface area contributed by atoms with Crippen LogP contribution in [-0.4, -0.2) is 23.2 Å². The van der Waals surface area contributed by atoms with Gasteiger partial charge >= 0.3 is 0 Å². The number of hydrogen-bond donors (Lipinski definition) is 3. The summed E-state index contributed by atoms with van der Waals surface area (Å²) >= 11 is 0. The summed E-state index contributed by atoms with van der Waals surface area (Å²) in [5, 5.41) is 12.2. The average molecular weight is 292 g/mol. The fourth-order valence-electron chi connectivity index (χ4n) is 2.86. The van der Waals surface area contributed by atoms with Crippen molar-refractivity contribution >= 4 is 11.6 Å². The maximum Gasteiger partial charge on any atom is 0.226 e. The summed E-state index contributed by atoms with van der Waals surface area (Å²) in [6.07, 6.45) is 4.36. The molecule has 0 aliphatic heterocycles. The highest BCUT2D eigenvalue weighted by molar-refractivity contribution is 5.91. The minimum absolute atomic E-state index is 0.0764. The van der Waals surface area contributed by atoms with Crippen molar-refractivity contribution in [2.24, 2.45) is 5.73 Å². The number of carbonyl (C=O) groups is 1. The van der Waals surface area contributed by atoms with Crippen molar-refractivity contribution in [2.75, 3.05) is 11.9 Å². The van der Waals surface area contributed by atoms with Crippen molar-refractivity contribution in [3.05, 3.63) is 23.8 Å². The predicted octanol–water partition coefficient (Wildman–Crippen LogP) is 2.18. The average Bonchev–Trinajstić information content (AvgIpc) is 2.86. The minimum Gasteiger partial charge on any atom is -0.494 e. The van der Waals surface area contributed by atoms with Gasteiger partial charge in [0.15, 0.2) is 0 Å². The van der Waals surface area contributed by atoms with Gasteiger partial charge < -0.3 is 20.9 Å². The third-order valence-electron chi connectivity index (χ3n) is 3.93. The van der Waals surface area contributed by atoms with E-state index in [4.69, 9.17) is 10.5 Å². The van der Waals surface area contributed by atoms with Crippen LogP contribution in [-0.2, 0) is 11.4 Å². The molecule has 1 aliphatic carbocycles. The number of amides is 1. The Labute approximate surface area is 125 Å². The molecule has 1 fully saturated rings. The third kappa shape index (κ3) is 4.19. The molecular formula is C16H24N2O3. The zero-order chi connectivity index (χ0) is 15.3. The molecule has 0 saturated heterocycles. The number of aliphatic hydroxyl groups excluding tert-OH is 1. The number of nitrogens with two attached hydrogens (primary N) is 1. The molecule has 116 valence electrons. The molecule has 1 aromatic carbocycles. The zero-order valence-electron chi connectivity index (χ0n) is 12.5. The van der Waals surface area contributed by atoms with Crippen molar-refractivity contribution < 1.29 is 14.6 Å². The normalized spacial score (nSPS) is 16.7. The lowest BCUT2D eigenvalue weighted by Crippen LogP contribution is -2.40. The quantitative estimate of drug-likeness (QED) is 0.750. The molecule has 4 N–H and O–H groups in total. The summed E-state index contributed by atoms with van der Waals surface area (Å²) in [4.78, 5) is 12.1. The van der Waals surface area contributed by atoms with Gasteiger partial charge in [0.1, 0.15) is 5.75 Å². The van der Waals surface area contributed by atoms with E-state index in [9.17, 15) is 9.90 Å². The Morgan fingerprint density at radius 2 is 2.14 bits per heavy atom. The van der Waals surface area contributed by atoms with Gasteiger partial charge in [0.25, 0.3) is 0 Å². The van der Waals surface area contributed by atoms with Crippen LogP contribution in [0, 0.1) is 0 Å².